The van der Waals surface area contributed by atoms with Crippen LogP contribution in [0.5, 0.6) is 0 Å². The summed E-state index contributed by atoms with van der Waals surface area (Å²) in [6, 6.07) is 5.00. The number of pyridine rings is 1. The average Bonchev–Trinajstić information content (AvgIpc) is 2.61. The Morgan fingerprint density at radius 2 is 2.33 bits per heavy atom. The molecule has 15 heavy (non-hydrogen) atoms. The molecule has 0 radical (unpaired) electrons. The fourth-order valence-electron chi connectivity index (χ4n) is 1.16. The van der Waals surface area contributed by atoms with Crippen LogP contribution in [0.1, 0.15) is 5.56 Å². The van der Waals surface area contributed by atoms with Crippen molar-refractivity contribution in [2.24, 2.45) is 0 Å². The molecule has 2 nitrogen and oxygen atoms in total. The molecule has 2 rings (SSSR count). The van der Waals surface area contributed by atoms with Crippen molar-refractivity contribution in [3.05, 3.63) is 45.6 Å². The lowest BCUT2D eigenvalue weighted by atomic mass is 10.3. The Morgan fingerprint density at radius 3 is 3.00 bits per heavy atom. The quantitative estimate of drug-likeness (QED) is 0.833. The largest absolute Gasteiger partial charge is 0.381 e. The monoisotopic (exact) mass is 242 g/mol. The summed E-state index contributed by atoms with van der Waals surface area (Å²) < 4.78 is 13.5. The Kier molecular flexibility index (Phi) is 3.18. The second-order valence-electron chi connectivity index (χ2n) is 2.94. The average molecular weight is 243 g/mol. The minimum absolute atomic E-state index is 0.489. The number of nitrogens with zero attached hydrogens (tertiary/aromatic N) is 1. The highest BCUT2D eigenvalue weighted by Crippen LogP contribution is 2.23. The first kappa shape index (κ1) is 10.4. The summed E-state index contributed by atoms with van der Waals surface area (Å²) in [4.78, 5) is 3.47. The van der Waals surface area contributed by atoms with Gasteiger partial charge in [0, 0.05) is 30.1 Å². The van der Waals surface area contributed by atoms with Crippen molar-refractivity contribution in [1.82, 2.24) is 4.98 Å². The van der Waals surface area contributed by atoms with Gasteiger partial charge in [-0.3, -0.25) is 0 Å². The SMILES string of the molecule is Fc1cc(NCc2ccsc2Cl)ccn1. The summed E-state index contributed by atoms with van der Waals surface area (Å²) in [6.07, 6.45) is 1.42. The molecule has 2 heterocycles. The second-order valence-corrected chi connectivity index (χ2v) is 4.46. The summed E-state index contributed by atoms with van der Waals surface area (Å²) >= 11 is 7.41. The fraction of sp³-hybridized carbons (Fsp3) is 0.100. The lowest BCUT2D eigenvalue weighted by molar-refractivity contribution is 0.584. The highest BCUT2D eigenvalue weighted by Gasteiger charge is 2.01. The van der Waals surface area contributed by atoms with E-state index >= 15 is 0 Å². The van der Waals surface area contributed by atoms with Crippen molar-refractivity contribution in [3.63, 3.8) is 0 Å². The molecule has 0 spiro atoms. The Labute approximate surface area is 95.7 Å². The van der Waals surface area contributed by atoms with Crippen LogP contribution < -0.4 is 5.32 Å². The molecule has 0 aromatic carbocycles. The molecule has 0 bridgehead atoms. The van der Waals surface area contributed by atoms with Gasteiger partial charge >= 0.3 is 0 Å². The summed E-state index contributed by atoms with van der Waals surface area (Å²) in [5.74, 6) is -0.489. The van der Waals surface area contributed by atoms with Crippen LogP contribution in [0.4, 0.5) is 10.1 Å². The highest BCUT2D eigenvalue weighted by molar-refractivity contribution is 7.14. The number of nitrogens with one attached hydrogen (secondary N) is 1. The molecule has 5 heteroatoms. The van der Waals surface area contributed by atoms with Crippen LogP contribution in [0.2, 0.25) is 4.34 Å². The molecule has 0 aliphatic carbocycles. The van der Waals surface area contributed by atoms with Gasteiger partial charge in [0.1, 0.15) is 0 Å². The molecule has 0 fully saturated rings. The van der Waals surface area contributed by atoms with E-state index in [2.05, 4.69) is 10.3 Å². The van der Waals surface area contributed by atoms with Crippen molar-refractivity contribution in [3.8, 4) is 0 Å². The van der Waals surface area contributed by atoms with E-state index in [1.807, 2.05) is 11.4 Å². The number of anilines is 1. The maximum atomic E-state index is 12.7. The van der Waals surface area contributed by atoms with Gasteiger partial charge in [-0.25, -0.2) is 4.98 Å². The van der Waals surface area contributed by atoms with Gasteiger partial charge in [-0.2, -0.15) is 4.39 Å². The Balaban J connectivity index is 2.02. The maximum absolute atomic E-state index is 12.7. The zero-order chi connectivity index (χ0) is 10.7. The third-order valence-corrected chi connectivity index (χ3v) is 3.15. The molecule has 0 amide bonds. The smallest absolute Gasteiger partial charge is 0.214 e. The molecule has 0 atom stereocenters. The summed E-state index contributed by atoms with van der Waals surface area (Å²) in [7, 11) is 0. The van der Waals surface area contributed by atoms with Gasteiger partial charge in [0.2, 0.25) is 5.95 Å². The van der Waals surface area contributed by atoms with E-state index in [0.29, 0.717) is 12.2 Å². The van der Waals surface area contributed by atoms with Gasteiger partial charge in [-0.15, -0.1) is 11.3 Å². The van der Waals surface area contributed by atoms with Crippen LogP contribution >= 0.6 is 22.9 Å². The zero-order valence-electron chi connectivity index (χ0n) is 7.71. The van der Waals surface area contributed by atoms with Gasteiger partial charge < -0.3 is 5.32 Å². The van der Waals surface area contributed by atoms with E-state index in [1.54, 1.807) is 6.07 Å². The molecule has 2 aromatic rings. The third-order valence-electron chi connectivity index (χ3n) is 1.90. The minimum atomic E-state index is -0.489. The van der Waals surface area contributed by atoms with E-state index in [0.717, 1.165) is 9.90 Å². The molecular weight excluding hydrogens is 235 g/mol. The van der Waals surface area contributed by atoms with Gasteiger partial charge in [-0.1, -0.05) is 11.6 Å². The van der Waals surface area contributed by atoms with E-state index < -0.39 is 5.95 Å². The summed E-state index contributed by atoms with van der Waals surface area (Å²) in [6.45, 7) is 0.589. The first-order valence-corrected chi connectivity index (χ1v) is 5.59. The van der Waals surface area contributed by atoms with Crippen LogP contribution in [-0.4, -0.2) is 4.98 Å². The van der Waals surface area contributed by atoms with E-state index in [9.17, 15) is 4.39 Å². The Hall–Kier alpha value is -1.13. The highest BCUT2D eigenvalue weighted by atomic mass is 35.5. The van der Waals surface area contributed by atoms with E-state index in [-0.39, 0.29) is 0 Å². The maximum Gasteiger partial charge on any atom is 0.214 e. The van der Waals surface area contributed by atoms with E-state index in [1.165, 1.54) is 23.6 Å². The van der Waals surface area contributed by atoms with Crippen LogP contribution in [0, 0.1) is 5.95 Å². The van der Waals surface area contributed by atoms with Gasteiger partial charge in [0.25, 0.3) is 0 Å². The number of rotatable bonds is 3. The fourth-order valence-corrected chi connectivity index (χ4v) is 2.08. The standard InChI is InChI=1S/C10H8ClFN2S/c11-10-7(2-4-15-10)6-14-8-1-3-13-9(12)5-8/h1-5H,6H2,(H,13,14). The first-order chi connectivity index (χ1) is 7.25. The molecule has 78 valence electrons. The topological polar surface area (TPSA) is 24.9 Å². The van der Waals surface area contributed by atoms with Gasteiger partial charge in [-0.05, 0) is 17.5 Å². The molecule has 0 unspecified atom stereocenters. The summed E-state index contributed by atoms with van der Waals surface area (Å²) in [5, 5.41) is 4.99. The molecule has 0 aliphatic rings. The molecule has 0 aliphatic heterocycles. The normalized spacial score (nSPS) is 10.3. The number of thiophene rings is 1. The zero-order valence-corrected chi connectivity index (χ0v) is 9.28. The predicted molar refractivity (Wildman–Crippen MR) is 60.9 cm³/mol. The van der Waals surface area contributed by atoms with Crippen LogP contribution in [0.3, 0.4) is 0 Å². The van der Waals surface area contributed by atoms with Gasteiger partial charge in [0.05, 0.1) is 4.34 Å². The van der Waals surface area contributed by atoms with Crippen molar-refractivity contribution in [2.45, 2.75) is 6.54 Å². The predicted octanol–water partition coefficient (Wildman–Crippen LogP) is 3.55. The van der Waals surface area contributed by atoms with Crippen LogP contribution in [-0.2, 0) is 6.54 Å². The van der Waals surface area contributed by atoms with Gasteiger partial charge in [0.15, 0.2) is 0 Å². The van der Waals surface area contributed by atoms with Crippen molar-refractivity contribution < 1.29 is 4.39 Å². The lowest BCUT2D eigenvalue weighted by Crippen LogP contribution is -1.99. The van der Waals surface area contributed by atoms with Crippen molar-refractivity contribution >= 4 is 28.6 Å². The molecule has 0 saturated heterocycles. The molecule has 0 saturated carbocycles. The Bertz CT molecular complexity index is 458. The number of hydrogen-bond donors (Lipinski definition) is 1. The number of aromatic nitrogens is 1. The number of hydrogen-bond acceptors (Lipinski definition) is 3. The second kappa shape index (κ2) is 4.59. The van der Waals surface area contributed by atoms with Crippen LogP contribution in [0.25, 0.3) is 0 Å². The van der Waals surface area contributed by atoms with Crippen molar-refractivity contribution in [1.29, 1.82) is 0 Å². The summed E-state index contributed by atoms with van der Waals surface area (Å²) in [5.41, 5.74) is 1.71. The third kappa shape index (κ3) is 2.67. The first-order valence-electron chi connectivity index (χ1n) is 4.33. The molecule has 1 N–H and O–H groups in total. The molecule has 2 aromatic heterocycles. The number of halogens is 2. The van der Waals surface area contributed by atoms with Crippen molar-refractivity contribution in [2.75, 3.05) is 5.32 Å². The minimum Gasteiger partial charge on any atom is -0.381 e. The lowest BCUT2D eigenvalue weighted by Gasteiger charge is -2.04. The Morgan fingerprint density at radius 1 is 1.47 bits per heavy atom. The van der Waals surface area contributed by atoms with Crippen LogP contribution in [0.15, 0.2) is 29.8 Å². The van der Waals surface area contributed by atoms with E-state index in [4.69, 9.17) is 11.6 Å². The molecular formula is C10H8ClFN2S.